The summed E-state index contributed by atoms with van der Waals surface area (Å²) in [6, 6.07) is 18.3. The molecule has 0 saturated carbocycles. The van der Waals surface area contributed by atoms with Gasteiger partial charge in [0.25, 0.3) is 0 Å². The number of hydrogen-bond donors (Lipinski definition) is 0. The molecule has 0 atom stereocenters. The summed E-state index contributed by atoms with van der Waals surface area (Å²) in [7, 11) is 0. The Kier molecular flexibility index (Phi) is 7.71. The molecule has 32 heavy (non-hydrogen) atoms. The van der Waals surface area contributed by atoms with Crippen molar-refractivity contribution in [3.63, 3.8) is 0 Å². The van der Waals surface area contributed by atoms with Crippen LogP contribution in [-0.2, 0) is 0 Å². The quantitative estimate of drug-likeness (QED) is 0.337. The normalized spacial score (nSPS) is 12.0. The maximum atomic E-state index is 4.55. The van der Waals surface area contributed by atoms with Gasteiger partial charge >= 0.3 is 0 Å². The maximum Gasteiger partial charge on any atom is 0.168 e. The number of para-hydroxylation sites is 1. The van der Waals surface area contributed by atoms with Crippen molar-refractivity contribution in [3.8, 4) is 17.1 Å². The summed E-state index contributed by atoms with van der Waals surface area (Å²) in [5.74, 6) is 1.98. The molecule has 3 aromatic rings. The van der Waals surface area contributed by atoms with Crippen molar-refractivity contribution >= 4 is 11.1 Å². The second-order valence-electron chi connectivity index (χ2n) is 7.67. The lowest BCUT2D eigenvalue weighted by atomic mass is 10.0. The van der Waals surface area contributed by atoms with Gasteiger partial charge in [-0.05, 0) is 29.2 Å². The first-order valence-electron chi connectivity index (χ1n) is 10.7. The Bertz CT molecular complexity index is 1170. The fraction of sp³-hybridized carbons (Fsp3) is 0.103. The highest BCUT2D eigenvalue weighted by Crippen LogP contribution is 2.28. The molecule has 1 aromatic heterocycles. The first kappa shape index (κ1) is 22.7. The van der Waals surface area contributed by atoms with Crippen molar-refractivity contribution in [3.05, 3.63) is 128 Å². The summed E-state index contributed by atoms with van der Waals surface area (Å²) in [5.41, 5.74) is 4.84. The topological polar surface area (TPSA) is 30.7 Å². The number of allylic oxidation sites excluding steroid dienone is 9. The van der Waals surface area contributed by atoms with Gasteiger partial charge in [-0.2, -0.15) is 0 Å². The van der Waals surface area contributed by atoms with Gasteiger partial charge in [-0.1, -0.05) is 119 Å². The lowest BCUT2D eigenvalue weighted by Gasteiger charge is -2.11. The minimum absolute atomic E-state index is 0.467. The number of benzene rings is 2. The molecule has 0 aliphatic heterocycles. The van der Waals surface area contributed by atoms with Crippen molar-refractivity contribution in [2.45, 2.75) is 13.8 Å². The van der Waals surface area contributed by atoms with E-state index in [-0.39, 0.29) is 0 Å². The molecule has 0 spiro atoms. The molecule has 2 aromatic carbocycles. The maximum absolute atomic E-state index is 4.55. The molecule has 0 bridgehead atoms. The molecule has 0 aliphatic rings. The zero-order valence-electron chi connectivity index (χ0n) is 18.8. The second-order valence-corrected chi connectivity index (χ2v) is 7.67. The van der Waals surface area contributed by atoms with Crippen LogP contribution in [0.15, 0.2) is 117 Å². The number of hydrogen-bond acceptors (Lipinski definition) is 2. The summed E-state index contributed by atoms with van der Waals surface area (Å²) >= 11 is 0. The van der Waals surface area contributed by atoms with Gasteiger partial charge in [-0.15, -0.1) is 10.2 Å². The van der Waals surface area contributed by atoms with E-state index in [1.54, 1.807) is 6.08 Å². The standard InChI is InChI=1S/C29H29N3/c1-6-8-14-23(5)25-18-20-26(21-19-25)29-31-30-28(24(7-2)15-12-13-22(3)4)32(29)27-16-10-9-11-17-27/h6-22H,1-2,5H2,3-4H3/b13-12+,14-8-,24-15+. The van der Waals surface area contributed by atoms with E-state index < -0.39 is 0 Å². The minimum Gasteiger partial charge on any atom is -0.275 e. The molecule has 0 radical (unpaired) electrons. The molecule has 0 amide bonds. The molecule has 1 heterocycles. The van der Waals surface area contributed by atoms with Crippen molar-refractivity contribution in [1.29, 1.82) is 0 Å². The van der Waals surface area contributed by atoms with E-state index in [1.807, 2.05) is 72.8 Å². The van der Waals surface area contributed by atoms with Gasteiger partial charge in [0.2, 0.25) is 0 Å². The molecule has 0 unspecified atom stereocenters. The summed E-state index contributed by atoms with van der Waals surface area (Å²) in [4.78, 5) is 0. The van der Waals surface area contributed by atoms with Gasteiger partial charge < -0.3 is 0 Å². The third-order valence-corrected chi connectivity index (χ3v) is 4.87. The highest BCUT2D eigenvalue weighted by atomic mass is 15.3. The van der Waals surface area contributed by atoms with E-state index in [0.717, 1.165) is 39.6 Å². The minimum atomic E-state index is 0.467. The Morgan fingerprint density at radius 1 is 0.938 bits per heavy atom. The Morgan fingerprint density at radius 2 is 1.66 bits per heavy atom. The third kappa shape index (κ3) is 5.38. The fourth-order valence-corrected chi connectivity index (χ4v) is 3.21. The summed E-state index contributed by atoms with van der Waals surface area (Å²) < 4.78 is 2.07. The zero-order chi connectivity index (χ0) is 22.9. The third-order valence-electron chi connectivity index (χ3n) is 4.87. The average Bonchev–Trinajstić information content (AvgIpc) is 3.25. The molecule has 0 saturated heterocycles. The smallest absolute Gasteiger partial charge is 0.168 e. The molecule has 0 fully saturated rings. The van der Waals surface area contributed by atoms with Crippen LogP contribution in [0.3, 0.4) is 0 Å². The molecule has 3 rings (SSSR count). The van der Waals surface area contributed by atoms with E-state index in [1.165, 1.54) is 0 Å². The van der Waals surface area contributed by atoms with E-state index in [0.29, 0.717) is 5.92 Å². The molecular weight excluding hydrogens is 390 g/mol. The Balaban J connectivity index is 2.09. The van der Waals surface area contributed by atoms with Crippen LogP contribution in [0.4, 0.5) is 0 Å². The monoisotopic (exact) mass is 419 g/mol. The predicted molar refractivity (Wildman–Crippen MR) is 137 cm³/mol. The Hall–Kier alpha value is -3.98. The van der Waals surface area contributed by atoms with Gasteiger partial charge in [0.1, 0.15) is 0 Å². The zero-order valence-corrected chi connectivity index (χ0v) is 18.8. The molecular formula is C29H29N3. The molecule has 3 nitrogen and oxygen atoms in total. The number of rotatable bonds is 9. The number of aromatic nitrogens is 3. The van der Waals surface area contributed by atoms with Crippen LogP contribution in [0.25, 0.3) is 28.2 Å². The van der Waals surface area contributed by atoms with Gasteiger partial charge in [-0.3, -0.25) is 4.57 Å². The van der Waals surface area contributed by atoms with Crippen molar-refractivity contribution in [2.75, 3.05) is 0 Å². The van der Waals surface area contributed by atoms with Crippen LogP contribution < -0.4 is 0 Å². The van der Waals surface area contributed by atoms with E-state index >= 15 is 0 Å². The SMILES string of the molecule is C=C/C=C\C(=C)c1ccc(-c2nnc(/C(C=C)=C/C=C/C(C)C)n2-c2ccccc2)cc1. The van der Waals surface area contributed by atoms with Crippen LogP contribution >= 0.6 is 0 Å². The fourth-order valence-electron chi connectivity index (χ4n) is 3.21. The van der Waals surface area contributed by atoms with Crippen LogP contribution in [-0.4, -0.2) is 14.8 Å². The van der Waals surface area contributed by atoms with Crippen molar-refractivity contribution in [2.24, 2.45) is 5.92 Å². The van der Waals surface area contributed by atoms with Crippen LogP contribution in [0.1, 0.15) is 25.2 Å². The highest BCUT2D eigenvalue weighted by molar-refractivity contribution is 5.76. The van der Waals surface area contributed by atoms with Gasteiger partial charge in [0.15, 0.2) is 11.6 Å². The van der Waals surface area contributed by atoms with Gasteiger partial charge in [0.05, 0.1) is 0 Å². The molecule has 160 valence electrons. The highest BCUT2D eigenvalue weighted by Gasteiger charge is 2.17. The van der Waals surface area contributed by atoms with Gasteiger partial charge in [-0.25, -0.2) is 0 Å². The second kappa shape index (κ2) is 10.9. The predicted octanol–water partition coefficient (Wildman–Crippen LogP) is 7.47. The largest absolute Gasteiger partial charge is 0.275 e. The Morgan fingerprint density at radius 3 is 2.28 bits per heavy atom. The van der Waals surface area contributed by atoms with Crippen molar-refractivity contribution < 1.29 is 0 Å². The van der Waals surface area contributed by atoms with Crippen LogP contribution in [0, 0.1) is 5.92 Å². The van der Waals surface area contributed by atoms with Crippen molar-refractivity contribution in [1.82, 2.24) is 14.8 Å². The first-order chi connectivity index (χ1) is 15.5. The van der Waals surface area contributed by atoms with Gasteiger partial charge in [0, 0.05) is 16.8 Å². The van der Waals surface area contributed by atoms with E-state index in [2.05, 4.69) is 66.6 Å². The molecule has 3 heteroatoms. The lowest BCUT2D eigenvalue weighted by molar-refractivity contribution is 0.832. The Labute approximate surface area is 191 Å². The molecule has 0 aliphatic carbocycles. The summed E-state index contributed by atoms with van der Waals surface area (Å²) in [5, 5.41) is 9.09. The molecule has 0 N–H and O–H groups in total. The van der Waals surface area contributed by atoms with E-state index in [4.69, 9.17) is 0 Å². The number of nitrogens with zero attached hydrogens (tertiary/aromatic N) is 3. The lowest BCUT2D eigenvalue weighted by Crippen LogP contribution is -2.02. The first-order valence-corrected chi connectivity index (χ1v) is 10.7. The van der Waals surface area contributed by atoms with Crippen LogP contribution in [0.2, 0.25) is 0 Å². The summed E-state index contributed by atoms with van der Waals surface area (Å²) in [6.07, 6.45) is 13.6. The van der Waals surface area contributed by atoms with Crippen LogP contribution in [0.5, 0.6) is 0 Å². The van der Waals surface area contributed by atoms with E-state index in [9.17, 15) is 0 Å². The summed E-state index contributed by atoms with van der Waals surface area (Å²) in [6.45, 7) is 16.1. The average molecular weight is 420 g/mol.